The zero-order valence-corrected chi connectivity index (χ0v) is 18.0. The first kappa shape index (κ1) is 22.2. The smallest absolute Gasteiger partial charge is 0.315 e. The molecule has 3 amide bonds. The van der Waals surface area contributed by atoms with Crippen molar-refractivity contribution in [2.75, 3.05) is 19.6 Å². The Hall–Kier alpha value is -2.53. The van der Waals surface area contributed by atoms with Gasteiger partial charge in [-0.05, 0) is 55.0 Å². The van der Waals surface area contributed by atoms with Crippen LogP contribution in [-0.2, 0) is 6.54 Å². The molecular formula is C24H30ClN3O2. The Bertz CT molecular complexity index is 803. The average Bonchev–Trinajstić information content (AvgIpc) is 2.79. The van der Waals surface area contributed by atoms with Gasteiger partial charge in [0.15, 0.2) is 0 Å². The molecule has 0 saturated carbocycles. The molecule has 1 saturated heterocycles. The third-order valence-electron chi connectivity index (χ3n) is 5.61. The van der Waals surface area contributed by atoms with Crippen LogP contribution in [0.4, 0.5) is 4.79 Å². The molecule has 1 heterocycles. The van der Waals surface area contributed by atoms with Crippen LogP contribution in [0.2, 0.25) is 5.02 Å². The number of rotatable bonds is 8. The molecule has 1 aliphatic heterocycles. The number of halogens is 1. The first-order valence-corrected chi connectivity index (χ1v) is 11.1. The Labute approximate surface area is 183 Å². The molecule has 0 spiro atoms. The van der Waals surface area contributed by atoms with E-state index < -0.39 is 0 Å². The molecule has 0 bridgehead atoms. The number of hydrogen-bond donors (Lipinski definition) is 2. The second-order valence-corrected chi connectivity index (χ2v) is 8.27. The van der Waals surface area contributed by atoms with Crippen molar-refractivity contribution in [3.63, 3.8) is 0 Å². The molecule has 1 fully saturated rings. The zero-order chi connectivity index (χ0) is 21.2. The van der Waals surface area contributed by atoms with Gasteiger partial charge in [-0.2, -0.15) is 0 Å². The summed E-state index contributed by atoms with van der Waals surface area (Å²) in [6.07, 6.45) is 5.34. The molecule has 5 nitrogen and oxygen atoms in total. The quantitative estimate of drug-likeness (QED) is 0.591. The number of hydrogen-bond acceptors (Lipinski definition) is 2. The van der Waals surface area contributed by atoms with Gasteiger partial charge in [-0.25, -0.2) is 4.79 Å². The summed E-state index contributed by atoms with van der Waals surface area (Å²) in [5, 5.41) is 6.46. The number of urea groups is 1. The summed E-state index contributed by atoms with van der Waals surface area (Å²) in [4.78, 5) is 26.4. The largest absolute Gasteiger partial charge is 0.339 e. The van der Waals surface area contributed by atoms with Crippen LogP contribution in [0.3, 0.4) is 0 Å². The Balaban J connectivity index is 1.24. The first-order chi connectivity index (χ1) is 14.6. The van der Waals surface area contributed by atoms with Gasteiger partial charge in [-0.1, -0.05) is 54.8 Å². The maximum atomic E-state index is 12.5. The van der Waals surface area contributed by atoms with E-state index in [-0.39, 0.29) is 11.9 Å². The predicted molar refractivity (Wildman–Crippen MR) is 121 cm³/mol. The monoisotopic (exact) mass is 427 g/mol. The number of unbranched alkanes of at least 4 members (excludes halogenated alkanes) is 1. The minimum Gasteiger partial charge on any atom is -0.339 e. The van der Waals surface area contributed by atoms with Gasteiger partial charge >= 0.3 is 6.03 Å². The van der Waals surface area contributed by atoms with Crippen molar-refractivity contribution in [1.29, 1.82) is 0 Å². The number of nitrogens with zero attached hydrogens (tertiary/aromatic N) is 1. The fourth-order valence-electron chi connectivity index (χ4n) is 3.80. The number of carbonyl (C=O) groups is 2. The standard InChI is InChI=1S/C24H30ClN3O2/c25-22-11-9-20(10-12-22)18-27-24(30)26-15-5-4-6-19-13-16-28(17-14-19)23(29)21-7-2-1-3-8-21/h1-3,7-12,19H,4-6,13-18H2,(H2,26,27,30). The minimum atomic E-state index is -0.141. The average molecular weight is 428 g/mol. The summed E-state index contributed by atoms with van der Waals surface area (Å²) in [7, 11) is 0. The molecule has 6 heteroatoms. The Morgan fingerprint density at radius 2 is 1.63 bits per heavy atom. The fourth-order valence-corrected chi connectivity index (χ4v) is 3.92. The van der Waals surface area contributed by atoms with Crippen molar-refractivity contribution >= 4 is 23.5 Å². The lowest BCUT2D eigenvalue weighted by Crippen LogP contribution is -2.38. The predicted octanol–water partition coefficient (Wildman–Crippen LogP) is 4.86. The summed E-state index contributed by atoms with van der Waals surface area (Å²) in [5.74, 6) is 0.811. The summed E-state index contributed by atoms with van der Waals surface area (Å²) in [6, 6.07) is 16.8. The van der Waals surface area contributed by atoms with Gasteiger partial charge < -0.3 is 15.5 Å². The molecule has 0 atom stereocenters. The van der Waals surface area contributed by atoms with Gasteiger partial charge in [-0.3, -0.25) is 4.79 Å². The van der Waals surface area contributed by atoms with Crippen LogP contribution >= 0.6 is 11.6 Å². The van der Waals surface area contributed by atoms with Gasteiger partial charge in [-0.15, -0.1) is 0 Å². The molecule has 2 N–H and O–H groups in total. The van der Waals surface area contributed by atoms with Gasteiger partial charge in [0.2, 0.25) is 0 Å². The highest BCUT2D eigenvalue weighted by molar-refractivity contribution is 6.30. The lowest BCUT2D eigenvalue weighted by Gasteiger charge is -2.32. The van der Waals surface area contributed by atoms with Crippen molar-refractivity contribution in [2.45, 2.75) is 38.6 Å². The van der Waals surface area contributed by atoms with Crippen LogP contribution in [0.5, 0.6) is 0 Å². The van der Waals surface area contributed by atoms with Crippen molar-refractivity contribution in [3.8, 4) is 0 Å². The van der Waals surface area contributed by atoms with Crippen molar-refractivity contribution < 1.29 is 9.59 Å². The number of nitrogens with one attached hydrogen (secondary N) is 2. The van der Waals surface area contributed by atoms with E-state index in [4.69, 9.17) is 11.6 Å². The highest BCUT2D eigenvalue weighted by atomic mass is 35.5. The molecule has 1 aliphatic rings. The van der Waals surface area contributed by atoms with Crippen LogP contribution in [0.1, 0.15) is 48.0 Å². The number of amides is 3. The molecule has 30 heavy (non-hydrogen) atoms. The third-order valence-corrected chi connectivity index (χ3v) is 5.87. The van der Waals surface area contributed by atoms with E-state index in [1.807, 2.05) is 59.5 Å². The summed E-state index contributed by atoms with van der Waals surface area (Å²) < 4.78 is 0. The zero-order valence-electron chi connectivity index (χ0n) is 17.3. The van der Waals surface area contributed by atoms with E-state index in [1.54, 1.807) is 0 Å². The van der Waals surface area contributed by atoms with Crippen molar-refractivity contribution in [3.05, 3.63) is 70.7 Å². The number of benzene rings is 2. The Morgan fingerprint density at radius 3 is 2.33 bits per heavy atom. The third kappa shape index (κ3) is 7.06. The van der Waals surface area contributed by atoms with Crippen LogP contribution in [0.15, 0.2) is 54.6 Å². The number of likely N-dealkylation sites (tertiary alicyclic amines) is 1. The molecule has 2 aromatic rings. The molecule has 2 aromatic carbocycles. The van der Waals surface area contributed by atoms with Gasteiger partial charge in [0.25, 0.3) is 5.91 Å². The molecule has 160 valence electrons. The van der Waals surface area contributed by atoms with Crippen LogP contribution in [-0.4, -0.2) is 36.5 Å². The van der Waals surface area contributed by atoms with Crippen molar-refractivity contribution in [1.82, 2.24) is 15.5 Å². The second kappa shape index (κ2) is 11.6. The van der Waals surface area contributed by atoms with E-state index >= 15 is 0 Å². The summed E-state index contributed by atoms with van der Waals surface area (Å²) >= 11 is 5.86. The number of piperidine rings is 1. The number of carbonyl (C=O) groups excluding carboxylic acids is 2. The van der Waals surface area contributed by atoms with Crippen LogP contribution in [0.25, 0.3) is 0 Å². The van der Waals surface area contributed by atoms with E-state index in [2.05, 4.69) is 10.6 Å². The van der Waals surface area contributed by atoms with E-state index in [0.29, 0.717) is 24.0 Å². The van der Waals surface area contributed by atoms with E-state index in [0.717, 1.165) is 56.3 Å². The highest BCUT2D eigenvalue weighted by Gasteiger charge is 2.23. The van der Waals surface area contributed by atoms with Gasteiger partial charge in [0.05, 0.1) is 0 Å². The lowest BCUT2D eigenvalue weighted by molar-refractivity contribution is 0.0686. The topological polar surface area (TPSA) is 61.4 Å². The lowest BCUT2D eigenvalue weighted by atomic mass is 9.91. The van der Waals surface area contributed by atoms with Crippen molar-refractivity contribution in [2.24, 2.45) is 5.92 Å². The highest BCUT2D eigenvalue weighted by Crippen LogP contribution is 2.23. The molecule has 3 rings (SSSR count). The molecule has 0 aromatic heterocycles. The Kier molecular flexibility index (Phi) is 8.57. The molecule has 0 aliphatic carbocycles. The summed E-state index contributed by atoms with van der Waals surface area (Å²) in [5.41, 5.74) is 1.79. The van der Waals surface area contributed by atoms with Crippen LogP contribution < -0.4 is 10.6 Å². The normalized spacial score (nSPS) is 14.4. The minimum absolute atomic E-state index is 0.141. The maximum absolute atomic E-state index is 12.5. The SMILES string of the molecule is O=C(NCCCCC1CCN(C(=O)c2ccccc2)CC1)NCc1ccc(Cl)cc1. The molecule has 0 radical (unpaired) electrons. The van der Waals surface area contributed by atoms with Gasteiger partial charge in [0, 0.05) is 36.8 Å². The Morgan fingerprint density at radius 1 is 0.933 bits per heavy atom. The fraction of sp³-hybridized carbons (Fsp3) is 0.417. The maximum Gasteiger partial charge on any atom is 0.315 e. The molecular weight excluding hydrogens is 398 g/mol. The van der Waals surface area contributed by atoms with E-state index in [1.165, 1.54) is 0 Å². The van der Waals surface area contributed by atoms with E-state index in [9.17, 15) is 9.59 Å². The van der Waals surface area contributed by atoms with Gasteiger partial charge in [0.1, 0.15) is 0 Å². The molecule has 0 unspecified atom stereocenters. The van der Waals surface area contributed by atoms with Crippen LogP contribution in [0, 0.1) is 5.92 Å². The first-order valence-electron chi connectivity index (χ1n) is 10.7. The second-order valence-electron chi connectivity index (χ2n) is 7.83. The summed E-state index contributed by atoms with van der Waals surface area (Å²) in [6.45, 7) is 2.84.